The largest absolute Gasteiger partial charge is 0.443 e. The predicted molar refractivity (Wildman–Crippen MR) is 51.3 cm³/mol. The number of hydrogen-bond acceptors (Lipinski definition) is 3. The van der Waals surface area contributed by atoms with E-state index in [9.17, 15) is 9.59 Å². The van der Waals surface area contributed by atoms with Gasteiger partial charge < -0.3 is 4.74 Å². The van der Waals surface area contributed by atoms with Crippen LogP contribution in [0.3, 0.4) is 0 Å². The Hall–Kier alpha value is -0.780. The number of halogens is 1. The minimum atomic E-state index is -0.679. The molecular formula is C7H13BrN2O3. The molecule has 2 amide bonds. The maximum atomic E-state index is 10.9. The first kappa shape index (κ1) is 12.2. The van der Waals surface area contributed by atoms with Crippen LogP contribution in [0.15, 0.2) is 0 Å². The van der Waals surface area contributed by atoms with Gasteiger partial charge in [0.2, 0.25) is 5.91 Å². The highest BCUT2D eigenvalue weighted by molar-refractivity contribution is 9.09. The monoisotopic (exact) mass is 252 g/mol. The lowest BCUT2D eigenvalue weighted by molar-refractivity contribution is -0.119. The molecule has 13 heavy (non-hydrogen) atoms. The second-order valence-electron chi connectivity index (χ2n) is 3.31. The van der Waals surface area contributed by atoms with Crippen molar-refractivity contribution in [2.24, 2.45) is 0 Å². The summed E-state index contributed by atoms with van der Waals surface area (Å²) >= 11 is 2.92. The topological polar surface area (TPSA) is 67.4 Å². The molecule has 6 heteroatoms. The van der Waals surface area contributed by atoms with E-state index < -0.39 is 11.7 Å². The van der Waals surface area contributed by atoms with Gasteiger partial charge in [0.1, 0.15) is 5.60 Å². The molecule has 0 rings (SSSR count). The summed E-state index contributed by atoms with van der Waals surface area (Å²) in [6.45, 7) is 5.21. The van der Waals surface area contributed by atoms with Crippen molar-refractivity contribution in [1.82, 2.24) is 10.9 Å². The van der Waals surface area contributed by atoms with Crippen molar-refractivity contribution < 1.29 is 14.3 Å². The molecule has 0 aromatic heterocycles. The molecule has 0 heterocycles. The predicted octanol–water partition coefficient (Wildman–Crippen LogP) is 0.937. The molecule has 0 aliphatic heterocycles. The Morgan fingerprint density at radius 3 is 2.23 bits per heavy atom. The highest BCUT2D eigenvalue weighted by Crippen LogP contribution is 2.05. The molecule has 0 unspecified atom stereocenters. The van der Waals surface area contributed by atoms with Crippen molar-refractivity contribution in [3.8, 4) is 0 Å². The third-order valence-corrected chi connectivity index (χ3v) is 1.33. The molecule has 76 valence electrons. The highest BCUT2D eigenvalue weighted by atomic mass is 79.9. The van der Waals surface area contributed by atoms with Crippen molar-refractivity contribution in [2.45, 2.75) is 26.4 Å². The van der Waals surface area contributed by atoms with Gasteiger partial charge in [0.05, 0.1) is 5.33 Å². The first-order chi connectivity index (χ1) is 5.85. The van der Waals surface area contributed by atoms with Crippen LogP contribution in [0.1, 0.15) is 20.8 Å². The summed E-state index contributed by atoms with van der Waals surface area (Å²) in [5.41, 5.74) is 3.68. The van der Waals surface area contributed by atoms with Gasteiger partial charge in [0.15, 0.2) is 0 Å². The maximum absolute atomic E-state index is 10.9. The summed E-state index contributed by atoms with van der Waals surface area (Å²) in [6.07, 6.45) is -0.679. The van der Waals surface area contributed by atoms with Gasteiger partial charge in [-0.25, -0.2) is 10.2 Å². The minimum Gasteiger partial charge on any atom is -0.443 e. The summed E-state index contributed by atoms with van der Waals surface area (Å²) in [5.74, 6) is -0.342. The van der Waals surface area contributed by atoms with E-state index in [4.69, 9.17) is 4.74 Å². The number of rotatable bonds is 1. The van der Waals surface area contributed by atoms with E-state index in [1.54, 1.807) is 20.8 Å². The molecule has 0 aliphatic rings. The molecule has 0 aliphatic carbocycles. The van der Waals surface area contributed by atoms with Gasteiger partial charge in [-0.2, -0.15) is 0 Å². The quantitative estimate of drug-likeness (QED) is 0.539. The van der Waals surface area contributed by atoms with Crippen molar-refractivity contribution in [3.63, 3.8) is 0 Å². The third-order valence-electron chi connectivity index (χ3n) is 0.824. The molecule has 5 nitrogen and oxygen atoms in total. The van der Waals surface area contributed by atoms with Crippen LogP contribution >= 0.6 is 15.9 Å². The molecule has 0 fully saturated rings. The van der Waals surface area contributed by atoms with E-state index in [2.05, 4.69) is 26.8 Å². The fraction of sp³-hybridized carbons (Fsp3) is 0.714. The SMILES string of the molecule is CC(C)(C)OC(=O)NNC(=O)CBr. The molecule has 0 bridgehead atoms. The van der Waals surface area contributed by atoms with Crippen LogP contribution in [-0.2, 0) is 9.53 Å². The Bertz CT molecular complexity index is 200. The van der Waals surface area contributed by atoms with Crippen LogP contribution < -0.4 is 10.9 Å². The number of hydrazine groups is 1. The fourth-order valence-electron chi connectivity index (χ4n) is 0.458. The van der Waals surface area contributed by atoms with E-state index in [-0.39, 0.29) is 11.2 Å². The number of carbonyl (C=O) groups is 2. The van der Waals surface area contributed by atoms with E-state index in [1.165, 1.54) is 0 Å². The number of carbonyl (C=O) groups excluding carboxylic acids is 2. The van der Waals surface area contributed by atoms with E-state index >= 15 is 0 Å². The van der Waals surface area contributed by atoms with E-state index in [0.717, 1.165) is 0 Å². The second-order valence-corrected chi connectivity index (χ2v) is 3.87. The average molecular weight is 253 g/mol. The molecule has 0 radical (unpaired) electrons. The zero-order chi connectivity index (χ0) is 10.5. The lowest BCUT2D eigenvalue weighted by Crippen LogP contribution is -2.44. The van der Waals surface area contributed by atoms with Gasteiger partial charge >= 0.3 is 6.09 Å². The summed E-state index contributed by atoms with van der Waals surface area (Å²) in [5, 5.41) is 0.128. The van der Waals surface area contributed by atoms with Gasteiger partial charge in [-0.3, -0.25) is 10.2 Å². The minimum absolute atomic E-state index is 0.128. The molecular weight excluding hydrogens is 240 g/mol. The summed E-state index contributed by atoms with van der Waals surface area (Å²) in [6, 6.07) is 0. The van der Waals surface area contributed by atoms with Gasteiger partial charge in [0, 0.05) is 0 Å². The number of amides is 2. The van der Waals surface area contributed by atoms with Gasteiger partial charge in [0.25, 0.3) is 0 Å². The first-order valence-electron chi connectivity index (χ1n) is 3.69. The number of nitrogens with one attached hydrogen (secondary N) is 2. The van der Waals surface area contributed by atoms with Crippen molar-refractivity contribution in [2.75, 3.05) is 5.33 Å². The summed E-state index contributed by atoms with van der Waals surface area (Å²) in [4.78, 5) is 21.6. The highest BCUT2D eigenvalue weighted by Gasteiger charge is 2.15. The van der Waals surface area contributed by atoms with Crippen LogP contribution in [0.2, 0.25) is 0 Å². The number of hydrogen-bond donors (Lipinski definition) is 2. The Balaban J connectivity index is 3.71. The summed E-state index contributed by atoms with van der Waals surface area (Å²) < 4.78 is 4.85. The normalized spacial score (nSPS) is 10.5. The van der Waals surface area contributed by atoms with E-state index in [0.29, 0.717) is 0 Å². The van der Waals surface area contributed by atoms with Crippen LogP contribution in [0.5, 0.6) is 0 Å². The lowest BCUT2D eigenvalue weighted by atomic mass is 10.2. The number of ether oxygens (including phenoxy) is 1. The molecule has 0 aromatic carbocycles. The Labute approximate surface area is 85.3 Å². The van der Waals surface area contributed by atoms with Gasteiger partial charge in [-0.05, 0) is 20.8 Å². The number of alkyl halides is 1. The van der Waals surface area contributed by atoms with Crippen LogP contribution in [0.25, 0.3) is 0 Å². The van der Waals surface area contributed by atoms with Gasteiger partial charge in [-0.15, -0.1) is 0 Å². The fourth-order valence-corrected chi connectivity index (χ4v) is 0.598. The van der Waals surface area contributed by atoms with Crippen molar-refractivity contribution in [3.05, 3.63) is 0 Å². The van der Waals surface area contributed by atoms with E-state index in [1.807, 2.05) is 0 Å². The lowest BCUT2D eigenvalue weighted by Gasteiger charge is -2.19. The van der Waals surface area contributed by atoms with Gasteiger partial charge in [-0.1, -0.05) is 15.9 Å². The molecule has 0 atom stereocenters. The zero-order valence-corrected chi connectivity index (χ0v) is 9.40. The van der Waals surface area contributed by atoms with Crippen molar-refractivity contribution in [1.29, 1.82) is 0 Å². The Kier molecular flexibility index (Phi) is 4.76. The Morgan fingerprint density at radius 1 is 1.31 bits per heavy atom. The molecule has 0 saturated heterocycles. The molecule has 2 N–H and O–H groups in total. The van der Waals surface area contributed by atoms with Crippen LogP contribution in [-0.4, -0.2) is 22.9 Å². The van der Waals surface area contributed by atoms with Crippen LogP contribution in [0, 0.1) is 0 Å². The molecule has 0 saturated carbocycles. The smallest absolute Gasteiger partial charge is 0.426 e. The second kappa shape index (κ2) is 5.06. The maximum Gasteiger partial charge on any atom is 0.426 e. The summed E-state index contributed by atoms with van der Waals surface area (Å²) in [7, 11) is 0. The zero-order valence-electron chi connectivity index (χ0n) is 7.81. The Morgan fingerprint density at radius 2 is 1.85 bits per heavy atom. The average Bonchev–Trinajstić information content (AvgIpc) is 1.97. The van der Waals surface area contributed by atoms with Crippen LogP contribution in [0.4, 0.5) is 4.79 Å². The van der Waals surface area contributed by atoms with Crippen molar-refractivity contribution >= 4 is 27.9 Å². The molecule has 0 spiro atoms. The molecule has 0 aromatic rings. The first-order valence-corrected chi connectivity index (χ1v) is 4.81. The standard InChI is InChI=1S/C7H13BrN2O3/c1-7(2,3)13-6(12)10-9-5(11)4-8/h4H2,1-3H3,(H,9,11)(H,10,12). The third kappa shape index (κ3) is 7.58.